The van der Waals surface area contributed by atoms with Gasteiger partial charge in [0.1, 0.15) is 0 Å². The van der Waals surface area contributed by atoms with E-state index < -0.39 is 17.6 Å². The van der Waals surface area contributed by atoms with Gasteiger partial charge in [-0.25, -0.2) is 9.59 Å². The summed E-state index contributed by atoms with van der Waals surface area (Å²) in [5.74, 6) is -1.39. The fraction of sp³-hybridized carbons (Fsp3) is 0.636. The van der Waals surface area contributed by atoms with Crippen LogP contribution in [0.1, 0.15) is 6.92 Å². The predicted octanol–water partition coefficient (Wildman–Crippen LogP) is -0.334. The Hall–Kier alpha value is -1.60. The third-order valence-electron chi connectivity index (χ3n) is 2.25. The Morgan fingerprint density at radius 3 is 2.61 bits per heavy atom. The quantitative estimate of drug-likeness (QED) is 0.519. The van der Waals surface area contributed by atoms with Crippen LogP contribution in [0.25, 0.3) is 0 Å². The number of hydrogen-bond donors (Lipinski definition) is 3. The van der Waals surface area contributed by atoms with Crippen LogP contribution in [-0.4, -0.2) is 66.1 Å². The molecule has 18 heavy (non-hydrogen) atoms. The fourth-order valence-electron chi connectivity index (χ4n) is 1.07. The van der Waals surface area contributed by atoms with Crippen molar-refractivity contribution in [2.75, 3.05) is 33.4 Å². The van der Waals surface area contributed by atoms with Gasteiger partial charge in [0.2, 0.25) is 0 Å². The second kappa shape index (κ2) is 7.67. The van der Waals surface area contributed by atoms with Crippen molar-refractivity contribution in [1.82, 2.24) is 10.2 Å². The number of methoxy groups -OCH3 is 1. The van der Waals surface area contributed by atoms with Gasteiger partial charge in [-0.1, -0.05) is 6.08 Å². The molecule has 0 aromatic rings. The van der Waals surface area contributed by atoms with Gasteiger partial charge in [0.25, 0.3) is 0 Å². The maximum atomic E-state index is 11.7. The van der Waals surface area contributed by atoms with Crippen LogP contribution in [0, 0.1) is 0 Å². The van der Waals surface area contributed by atoms with E-state index in [-0.39, 0.29) is 6.54 Å². The van der Waals surface area contributed by atoms with E-state index in [2.05, 4.69) is 11.9 Å². The van der Waals surface area contributed by atoms with Gasteiger partial charge < -0.3 is 25.2 Å². The third kappa shape index (κ3) is 5.65. The smallest absolute Gasteiger partial charge is 0.337 e. The summed E-state index contributed by atoms with van der Waals surface area (Å²) < 4.78 is 4.85. The number of ether oxygens (including phenoxy) is 1. The Morgan fingerprint density at radius 1 is 1.56 bits per heavy atom. The second-order valence-electron chi connectivity index (χ2n) is 3.97. The van der Waals surface area contributed by atoms with Crippen molar-refractivity contribution in [2.45, 2.75) is 12.5 Å². The summed E-state index contributed by atoms with van der Waals surface area (Å²) in [6, 6.07) is -0.478. The lowest BCUT2D eigenvalue weighted by atomic mass is 10.1. The van der Waals surface area contributed by atoms with Gasteiger partial charge in [-0.3, -0.25) is 0 Å². The van der Waals surface area contributed by atoms with E-state index in [1.165, 1.54) is 12.0 Å². The Labute approximate surface area is 106 Å². The molecule has 2 amide bonds. The molecule has 104 valence electrons. The zero-order chi connectivity index (χ0) is 14.2. The molecular formula is C11H20N2O5. The molecule has 0 saturated carbocycles. The van der Waals surface area contributed by atoms with Crippen molar-refractivity contribution < 1.29 is 24.5 Å². The molecule has 0 aliphatic carbocycles. The molecule has 0 radical (unpaired) electrons. The second-order valence-corrected chi connectivity index (χ2v) is 3.97. The first-order valence-electron chi connectivity index (χ1n) is 5.43. The molecule has 0 fully saturated rings. The van der Waals surface area contributed by atoms with E-state index in [1.807, 2.05) is 0 Å². The molecular weight excluding hydrogens is 240 g/mol. The van der Waals surface area contributed by atoms with E-state index in [1.54, 1.807) is 6.08 Å². The molecule has 0 bridgehead atoms. The highest BCUT2D eigenvalue weighted by Gasteiger charge is 2.30. The molecule has 1 unspecified atom stereocenters. The number of nitrogens with one attached hydrogen (secondary N) is 1. The van der Waals surface area contributed by atoms with Crippen LogP contribution in [0.4, 0.5) is 4.79 Å². The predicted molar refractivity (Wildman–Crippen MR) is 65.3 cm³/mol. The van der Waals surface area contributed by atoms with E-state index in [4.69, 9.17) is 9.84 Å². The molecule has 1 atom stereocenters. The Balaban J connectivity index is 4.33. The van der Waals surface area contributed by atoms with E-state index >= 15 is 0 Å². The van der Waals surface area contributed by atoms with Gasteiger partial charge in [-0.15, -0.1) is 6.58 Å². The molecule has 0 saturated heterocycles. The lowest BCUT2D eigenvalue weighted by Crippen LogP contribution is -2.50. The summed E-state index contributed by atoms with van der Waals surface area (Å²) in [6.45, 7) is 5.28. The van der Waals surface area contributed by atoms with Gasteiger partial charge in [-0.2, -0.15) is 0 Å². The van der Waals surface area contributed by atoms with Crippen molar-refractivity contribution in [2.24, 2.45) is 0 Å². The minimum atomic E-state index is -1.99. The monoisotopic (exact) mass is 260 g/mol. The standard InChI is InChI=1S/C11H20N2O5/c1-4-5-13(6-7-18-3)10(16)12-8-11(2,17)9(14)15/h4,17H,1,5-8H2,2-3H3,(H,12,16)(H,14,15). The number of aliphatic hydroxyl groups is 1. The number of amides is 2. The van der Waals surface area contributed by atoms with E-state index in [0.717, 1.165) is 6.92 Å². The number of nitrogens with zero attached hydrogens (tertiary/aromatic N) is 1. The molecule has 0 rings (SSSR count). The largest absolute Gasteiger partial charge is 0.479 e. The van der Waals surface area contributed by atoms with Crippen LogP contribution >= 0.6 is 0 Å². The van der Waals surface area contributed by atoms with Crippen LogP contribution < -0.4 is 5.32 Å². The molecule has 7 nitrogen and oxygen atoms in total. The number of rotatable bonds is 8. The van der Waals surface area contributed by atoms with E-state index in [0.29, 0.717) is 19.7 Å². The summed E-state index contributed by atoms with van der Waals surface area (Å²) in [5, 5.41) is 20.5. The third-order valence-corrected chi connectivity index (χ3v) is 2.25. The van der Waals surface area contributed by atoms with Crippen LogP contribution in [0.5, 0.6) is 0 Å². The van der Waals surface area contributed by atoms with Gasteiger partial charge in [0.05, 0.1) is 13.2 Å². The average Bonchev–Trinajstić information content (AvgIpc) is 2.31. The number of carboxylic acids is 1. The minimum Gasteiger partial charge on any atom is -0.479 e. The van der Waals surface area contributed by atoms with Crippen molar-refractivity contribution in [3.8, 4) is 0 Å². The molecule has 7 heteroatoms. The lowest BCUT2D eigenvalue weighted by Gasteiger charge is -2.24. The number of carboxylic acid groups (broad SMARTS) is 1. The fourth-order valence-corrected chi connectivity index (χ4v) is 1.07. The van der Waals surface area contributed by atoms with Gasteiger partial charge in [-0.05, 0) is 6.92 Å². The van der Waals surface area contributed by atoms with Crippen molar-refractivity contribution in [3.63, 3.8) is 0 Å². The summed E-state index contributed by atoms with van der Waals surface area (Å²) in [5.41, 5.74) is -1.99. The number of carbonyl (C=O) groups is 2. The maximum Gasteiger partial charge on any atom is 0.337 e. The minimum absolute atomic E-state index is 0.310. The zero-order valence-corrected chi connectivity index (χ0v) is 10.7. The normalized spacial score (nSPS) is 13.5. The summed E-state index contributed by atoms with van der Waals surface area (Å²) in [6.07, 6.45) is 1.55. The van der Waals surface area contributed by atoms with E-state index in [9.17, 15) is 14.7 Å². The summed E-state index contributed by atoms with van der Waals surface area (Å²) in [4.78, 5) is 23.8. The highest BCUT2D eigenvalue weighted by atomic mass is 16.5. The van der Waals surface area contributed by atoms with Crippen LogP contribution in [0.2, 0.25) is 0 Å². The topological polar surface area (TPSA) is 99.1 Å². The molecule has 0 spiro atoms. The zero-order valence-electron chi connectivity index (χ0n) is 10.7. The summed E-state index contributed by atoms with van der Waals surface area (Å²) in [7, 11) is 1.51. The lowest BCUT2D eigenvalue weighted by molar-refractivity contribution is -0.155. The van der Waals surface area contributed by atoms with Gasteiger partial charge in [0.15, 0.2) is 5.60 Å². The van der Waals surface area contributed by atoms with Crippen LogP contribution in [0.3, 0.4) is 0 Å². The summed E-state index contributed by atoms with van der Waals surface area (Å²) >= 11 is 0. The first kappa shape index (κ1) is 16.4. The molecule has 0 aliphatic rings. The molecule has 0 aromatic carbocycles. The van der Waals surface area contributed by atoms with Crippen LogP contribution in [-0.2, 0) is 9.53 Å². The number of hydrogen-bond acceptors (Lipinski definition) is 4. The molecule has 0 aromatic heterocycles. The highest BCUT2D eigenvalue weighted by Crippen LogP contribution is 2.01. The molecule has 0 aliphatic heterocycles. The van der Waals surface area contributed by atoms with Crippen molar-refractivity contribution >= 4 is 12.0 Å². The molecule has 0 heterocycles. The number of urea groups is 1. The van der Waals surface area contributed by atoms with Crippen LogP contribution in [0.15, 0.2) is 12.7 Å². The Bertz CT molecular complexity index is 304. The van der Waals surface area contributed by atoms with Crippen molar-refractivity contribution in [3.05, 3.63) is 12.7 Å². The SMILES string of the molecule is C=CCN(CCOC)C(=O)NCC(C)(O)C(=O)O. The average molecular weight is 260 g/mol. The maximum absolute atomic E-state index is 11.7. The first-order valence-corrected chi connectivity index (χ1v) is 5.43. The molecule has 3 N–H and O–H groups in total. The van der Waals surface area contributed by atoms with Crippen molar-refractivity contribution in [1.29, 1.82) is 0 Å². The Kier molecular flexibility index (Phi) is 6.99. The van der Waals surface area contributed by atoms with Gasteiger partial charge >= 0.3 is 12.0 Å². The number of aliphatic carboxylic acids is 1. The number of carbonyl (C=O) groups excluding carboxylic acids is 1. The highest BCUT2D eigenvalue weighted by molar-refractivity contribution is 5.79. The Morgan fingerprint density at radius 2 is 2.17 bits per heavy atom. The van der Waals surface area contributed by atoms with Gasteiger partial charge in [0, 0.05) is 20.2 Å². The first-order chi connectivity index (χ1) is 8.35.